The smallest absolute Gasteiger partial charge is 0.239 e. The Kier molecular flexibility index (Phi) is 5.31. The predicted octanol–water partition coefficient (Wildman–Crippen LogP) is 2.13. The largest absolute Gasteiger partial charge is 0.368 e. The van der Waals surface area contributed by atoms with E-state index in [0.717, 1.165) is 45.4 Å². The molecule has 1 atom stereocenters. The Hall–Kier alpha value is -0.610. The van der Waals surface area contributed by atoms with Crippen molar-refractivity contribution in [1.29, 1.82) is 0 Å². The topological polar surface area (TPSA) is 58.4 Å². The van der Waals surface area contributed by atoms with Gasteiger partial charge in [-0.05, 0) is 62.9 Å². The Bertz CT molecular complexity index is 363. The van der Waals surface area contributed by atoms with Gasteiger partial charge in [-0.2, -0.15) is 0 Å². The monoisotopic (exact) mass is 295 g/mol. The summed E-state index contributed by atoms with van der Waals surface area (Å²) >= 11 is 0. The van der Waals surface area contributed by atoms with Crippen molar-refractivity contribution in [2.45, 2.75) is 64.8 Å². The van der Waals surface area contributed by atoms with Crippen LogP contribution in [-0.2, 0) is 4.79 Å². The van der Waals surface area contributed by atoms with Crippen LogP contribution in [-0.4, -0.2) is 42.5 Å². The van der Waals surface area contributed by atoms with Crippen LogP contribution in [0.25, 0.3) is 0 Å². The van der Waals surface area contributed by atoms with Crippen molar-refractivity contribution in [2.75, 3.05) is 26.2 Å². The molecule has 0 spiro atoms. The van der Waals surface area contributed by atoms with Crippen molar-refractivity contribution >= 4 is 5.91 Å². The van der Waals surface area contributed by atoms with E-state index in [0.29, 0.717) is 11.3 Å². The number of primary amides is 1. The van der Waals surface area contributed by atoms with Gasteiger partial charge in [0.05, 0.1) is 0 Å². The average molecular weight is 295 g/mol. The average Bonchev–Trinajstić information content (AvgIpc) is 3.25. The molecule has 21 heavy (non-hydrogen) atoms. The first kappa shape index (κ1) is 16.8. The van der Waals surface area contributed by atoms with E-state index in [1.807, 2.05) is 0 Å². The number of amides is 1. The lowest BCUT2D eigenvalue weighted by Gasteiger charge is -2.36. The van der Waals surface area contributed by atoms with E-state index >= 15 is 0 Å². The lowest BCUT2D eigenvalue weighted by atomic mass is 9.82. The molecule has 3 N–H and O–H groups in total. The number of nitrogens with zero attached hydrogens (tertiary/aromatic N) is 1. The molecule has 0 aromatic heterocycles. The standard InChI is InChI=1S/C17H33N3O/c1-4-10-19-17(15(18)21,14-7-8-14)13-20-11-9-16(5-2,6-3)12-20/h14,19H,4-13H2,1-3H3,(H2,18,21). The Balaban J connectivity index is 2.07. The van der Waals surface area contributed by atoms with Gasteiger partial charge in [0.2, 0.25) is 5.91 Å². The summed E-state index contributed by atoms with van der Waals surface area (Å²) in [4.78, 5) is 14.7. The van der Waals surface area contributed by atoms with E-state index in [9.17, 15) is 4.79 Å². The molecule has 1 saturated heterocycles. The molecule has 0 aromatic rings. The Morgan fingerprint density at radius 2 is 2.00 bits per heavy atom. The van der Waals surface area contributed by atoms with E-state index < -0.39 is 5.54 Å². The molecule has 2 fully saturated rings. The van der Waals surface area contributed by atoms with Crippen LogP contribution in [0, 0.1) is 11.3 Å². The highest BCUT2D eigenvalue weighted by molar-refractivity contribution is 5.86. The summed E-state index contributed by atoms with van der Waals surface area (Å²) in [6, 6.07) is 0. The van der Waals surface area contributed by atoms with Crippen molar-refractivity contribution in [2.24, 2.45) is 17.1 Å². The minimum atomic E-state index is -0.492. The number of carbonyl (C=O) groups is 1. The molecule has 1 amide bonds. The van der Waals surface area contributed by atoms with Gasteiger partial charge in [-0.3, -0.25) is 4.79 Å². The Morgan fingerprint density at radius 3 is 2.43 bits per heavy atom. The molecule has 2 rings (SSSR count). The highest BCUT2D eigenvalue weighted by atomic mass is 16.1. The molecule has 122 valence electrons. The minimum Gasteiger partial charge on any atom is -0.368 e. The SMILES string of the molecule is CCCNC(CN1CCC(CC)(CC)C1)(C(N)=O)C1CC1. The zero-order chi connectivity index (χ0) is 15.5. The zero-order valence-corrected chi connectivity index (χ0v) is 14.1. The third-order valence-electron chi connectivity index (χ3n) is 5.89. The van der Waals surface area contributed by atoms with E-state index in [1.165, 1.54) is 19.3 Å². The van der Waals surface area contributed by atoms with Gasteiger partial charge in [0.1, 0.15) is 5.54 Å². The van der Waals surface area contributed by atoms with Crippen molar-refractivity contribution in [3.63, 3.8) is 0 Å². The molecule has 1 heterocycles. The van der Waals surface area contributed by atoms with Crippen LogP contribution in [0.3, 0.4) is 0 Å². The van der Waals surface area contributed by atoms with Gasteiger partial charge in [0.25, 0.3) is 0 Å². The second kappa shape index (κ2) is 6.66. The van der Waals surface area contributed by atoms with E-state index in [1.54, 1.807) is 0 Å². The van der Waals surface area contributed by atoms with Crippen LogP contribution in [0.1, 0.15) is 59.3 Å². The van der Waals surface area contributed by atoms with Crippen LogP contribution in [0.15, 0.2) is 0 Å². The molecule has 0 aromatic carbocycles. The Labute approximate surface area is 129 Å². The van der Waals surface area contributed by atoms with Gasteiger partial charge >= 0.3 is 0 Å². The second-order valence-corrected chi connectivity index (χ2v) is 7.20. The second-order valence-electron chi connectivity index (χ2n) is 7.20. The lowest BCUT2D eigenvalue weighted by Crippen LogP contribution is -2.63. The van der Waals surface area contributed by atoms with Gasteiger partial charge in [-0.1, -0.05) is 20.8 Å². The summed E-state index contributed by atoms with van der Waals surface area (Å²) in [5.74, 6) is 0.295. The summed E-state index contributed by atoms with van der Waals surface area (Å²) in [6.07, 6.45) is 7.04. The molecular formula is C17H33N3O. The third-order valence-corrected chi connectivity index (χ3v) is 5.89. The minimum absolute atomic E-state index is 0.149. The first-order valence-corrected chi connectivity index (χ1v) is 8.79. The summed E-state index contributed by atoms with van der Waals surface area (Å²) in [7, 11) is 0. The maximum Gasteiger partial charge on any atom is 0.239 e. The lowest BCUT2D eigenvalue weighted by molar-refractivity contribution is -0.126. The van der Waals surface area contributed by atoms with Crippen LogP contribution >= 0.6 is 0 Å². The molecule has 0 bridgehead atoms. The quantitative estimate of drug-likeness (QED) is 0.685. The first-order chi connectivity index (χ1) is 10.0. The van der Waals surface area contributed by atoms with E-state index in [4.69, 9.17) is 5.73 Å². The molecular weight excluding hydrogens is 262 g/mol. The maximum atomic E-state index is 12.2. The molecule has 1 aliphatic carbocycles. The number of carbonyl (C=O) groups excluding carboxylic acids is 1. The van der Waals surface area contributed by atoms with Crippen molar-refractivity contribution in [1.82, 2.24) is 10.2 Å². The van der Waals surface area contributed by atoms with Crippen molar-refractivity contribution in [3.05, 3.63) is 0 Å². The summed E-state index contributed by atoms with van der Waals surface area (Å²) in [5.41, 5.74) is 5.80. The Morgan fingerprint density at radius 1 is 1.33 bits per heavy atom. The maximum absolute atomic E-state index is 12.2. The molecule has 4 nitrogen and oxygen atoms in total. The predicted molar refractivity (Wildman–Crippen MR) is 87.0 cm³/mol. The van der Waals surface area contributed by atoms with Gasteiger partial charge in [-0.15, -0.1) is 0 Å². The normalized spacial score (nSPS) is 24.9. The number of nitrogens with one attached hydrogen (secondary N) is 1. The molecule has 1 unspecified atom stereocenters. The third kappa shape index (κ3) is 3.42. The van der Waals surface area contributed by atoms with Crippen LogP contribution in [0.4, 0.5) is 0 Å². The van der Waals surface area contributed by atoms with Crippen molar-refractivity contribution < 1.29 is 4.79 Å². The van der Waals surface area contributed by atoms with Crippen LogP contribution in [0.5, 0.6) is 0 Å². The summed E-state index contributed by atoms with van der Waals surface area (Å²) in [6.45, 7) is 10.6. The fourth-order valence-corrected chi connectivity index (χ4v) is 3.96. The molecule has 1 saturated carbocycles. The molecule has 1 aliphatic heterocycles. The highest BCUT2D eigenvalue weighted by Crippen LogP contribution is 2.43. The number of nitrogens with two attached hydrogens (primary N) is 1. The van der Waals surface area contributed by atoms with Gasteiger partial charge in [-0.25, -0.2) is 0 Å². The number of hydrogen-bond acceptors (Lipinski definition) is 3. The first-order valence-electron chi connectivity index (χ1n) is 8.79. The van der Waals surface area contributed by atoms with Gasteiger partial charge in [0.15, 0.2) is 0 Å². The molecule has 0 radical (unpaired) electrons. The van der Waals surface area contributed by atoms with Gasteiger partial charge < -0.3 is 16.0 Å². The number of rotatable bonds is 9. The summed E-state index contributed by atoms with van der Waals surface area (Å²) in [5, 5.41) is 3.52. The van der Waals surface area contributed by atoms with Crippen molar-refractivity contribution in [3.8, 4) is 0 Å². The molecule has 2 aliphatic rings. The van der Waals surface area contributed by atoms with Gasteiger partial charge in [0, 0.05) is 13.1 Å². The number of likely N-dealkylation sites (tertiary alicyclic amines) is 1. The van der Waals surface area contributed by atoms with E-state index in [2.05, 4.69) is 31.0 Å². The zero-order valence-electron chi connectivity index (χ0n) is 14.1. The fraction of sp³-hybridized carbons (Fsp3) is 0.941. The van der Waals surface area contributed by atoms with Crippen LogP contribution < -0.4 is 11.1 Å². The molecule has 4 heteroatoms. The number of hydrogen-bond donors (Lipinski definition) is 2. The highest BCUT2D eigenvalue weighted by Gasteiger charge is 2.51. The van der Waals surface area contributed by atoms with E-state index in [-0.39, 0.29) is 5.91 Å². The fourth-order valence-electron chi connectivity index (χ4n) is 3.96. The summed E-state index contributed by atoms with van der Waals surface area (Å²) < 4.78 is 0. The van der Waals surface area contributed by atoms with Crippen LogP contribution in [0.2, 0.25) is 0 Å².